The molecule has 0 unspecified atom stereocenters. The number of nitrogens with zero attached hydrogens (tertiary/aromatic N) is 1. The van der Waals surface area contributed by atoms with Crippen molar-refractivity contribution >= 4 is 5.76 Å². The molecule has 0 fully saturated rings. The van der Waals surface area contributed by atoms with Crippen LogP contribution in [0.25, 0.3) is 16.9 Å². The predicted octanol–water partition coefficient (Wildman–Crippen LogP) is 5.02. The van der Waals surface area contributed by atoms with Crippen LogP contribution in [0, 0.1) is 6.92 Å². The van der Waals surface area contributed by atoms with Crippen LogP contribution in [0.4, 0.5) is 0 Å². The van der Waals surface area contributed by atoms with E-state index < -0.39 is 0 Å². The van der Waals surface area contributed by atoms with Gasteiger partial charge in [0.1, 0.15) is 17.3 Å². The Morgan fingerprint density at radius 3 is 2.30 bits per heavy atom. The van der Waals surface area contributed by atoms with Crippen LogP contribution >= 0.6 is 0 Å². The Morgan fingerprint density at radius 1 is 0.889 bits per heavy atom. The fourth-order valence-corrected chi connectivity index (χ4v) is 3.39. The number of ether oxygens (including phenoxy) is 3. The quantitative estimate of drug-likeness (QED) is 0.656. The molecule has 0 bridgehead atoms. The van der Waals surface area contributed by atoms with Crippen LogP contribution in [0.1, 0.15) is 16.7 Å². The highest BCUT2D eigenvalue weighted by molar-refractivity contribution is 5.78. The molecule has 0 radical (unpaired) electrons. The minimum Gasteiger partial charge on any atom is -0.497 e. The van der Waals surface area contributed by atoms with E-state index >= 15 is 0 Å². The van der Waals surface area contributed by atoms with Crippen molar-refractivity contribution in [2.24, 2.45) is 0 Å². The van der Waals surface area contributed by atoms with Gasteiger partial charge in [-0.3, -0.25) is 4.98 Å². The summed E-state index contributed by atoms with van der Waals surface area (Å²) >= 11 is 0. The number of hydrogen-bond donors (Lipinski definition) is 0. The third kappa shape index (κ3) is 3.26. The van der Waals surface area contributed by atoms with E-state index in [1.165, 1.54) is 5.56 Å². The van der Waals surface area contributed by atoms with E-state index in [-0.39, 0.29) is 0 Å². The summed E-state index contributed by atoms with van der Waals surface area (Å²) in [6, 6.07) is 16.1. The first-order valence-electron chi connectivity index (χ1n) is 8.83. The maximum absolute atomic E-state index is 6.43. The number of methoxy groups -OCH3 is 2. The molecular weight excluding hydrogens is 338 g/mol. The summed E-state index contributed by atoms with van der Waals surface area (Å²) < 4.78 is 17.4. The number of aryl methyl sites for hydroxylation is 1. The molecule has 0 saturated heterocycles. The van der Waals surface area contributed by atoms with Gasteiger partial charge in [-0.15, -0.1) is 0 Å². The Bertz CT molecular complexity index is 992. The van der Waals surface area contributed by atoms with Gasteiger partial charge in [0.25, 0.3) is 0 Å². The predicted molar refractivity (Wildman–Crippen MR) is 106 cm³/mol. The van der Waals surface area contributed by atoms with Gasteiger partial charge in [0.2, 0.25) is 0 Å². The highest BCUT2D eigenvalue weighted by atomic mass is 16.5. The molecule has 27 heavy (non-hydrogen) atoms. The molecule has 0 aliphatic carbocycles. The Hall–Kier alpha value is -3.27. The molecule has 3 aromatic rings. The van der Waals surface area contributed by atoms with Crippen molar-refractivity contribution in [3.05, 3.63) is 83.4 Å². The van der Waals surface area contributed by atoms with E-state index in [0.717, 1.165) is 45.3 Å². The van der Waals surface area contributed by atoms with E-state index in [1.807, 2.05) is 36.4 Å². The minimum absolute atomic E-state index is 0.687. The molecule has 2 aromatic carbocycles. The fraction of sp³-hybridized carbons (Fsp3) is 0.174. The van der Waals surface area contributed by atoms with Gasteiger partial charge in [-0.25, -0.2) is 0 Å². The molecule has 4 rings (SSSR count). The highest BCUT2D eigenvalue weighted by Crippen LogP contribution is 2.42. The Balaban J connectivity index is 1.82. The average molecular weight is 359 g/mol. The zero-order valence-corrected chi connectivity index (χ0v) is 15.7. The van der Waals surface area contributed by atoms with Crippen LogP contribution in [-0.4, -0.2) is 19.2 Å². The molecule has 136 valence electrons. The van der Waals surface area contributed by atoms with Crippen molar-refractivity contribution in [1.29, 1.82) is 0 Å². The first kappa shape index (κ1) is 17.2. The average Bonchev–Trinajstić information content (AvgIpc) is 2.73. The fourth-order valence-electron chi connectivity index (χ4n) is 3.39. The third-order valence-electron chi connectivity index (χ3n) is 4.71. The molecule has 0 amide bonds. The summed E-state index contributed by atoms with van der Waals surface area (Å²) in [7, 11) is 3.35. The summed E-state index contributed by atoms with van der Waals surface area (Å²) in [5.74, 6) is 3.24. The van der Waals surface area contributed by atoms with Crippen molar-refractivity contribution in [2.75, 3.05) is 14.2 Å². The molecule has 0 saturated carbocycles. The van der Waals surface area contributed by atoms with Crippen molar-refractivity contribution in [2.45, 2.75) is 13.3 Å². The monoisotopic (exact) mass is 359 g/mol. The number of allylic oxidation sites excluding steroid dienone is 1. The zero-order chi connectivity index (χ0) is 18.8. The lowest BCUT2D eigenvalue weighted by molar-refractivity contribution is 0.266. The second kappa shape index (κ2) is 7.16. The second-order valence-corrected chi connectivity index (χ2v) is 6.50. The highest BCUT2D eigenvalue weighted by Gasteiger charge is 2.25. The molecule has 4 nitrogen and oxygen atoms in total. The standard InChI is InChI=1S/C23H21NO3/c1-15-12-18-14-21(26-3)23(17-4-6-19(25-2)7-5-17)27-22(18)20(13-15)16-8-10-24-11-9-16/h4-13H,14H2,1-3H3. The van der Waals surface area contributed by atoms with Gasteiger partial charge in [-0.05, 0) is 60.5 Å². The molecule has 1 aliphatic rings. The number of fused-ring (bicyclic) bond motifs is 1. The maximum atomic E-state index is 6.43. The molecule has 1 aromatic heterocycles. The van der Waals surface area contributed by atoms with Crippen LogP contribution in [-0.2, 0) is 11.2 Å². The lowest BCUT2D eigenvalue weighted by Crippen LogP contribution is -2.12. The number of hydrogen-bond acceptors (Lipinski definition) is 4. The van der Waals surface area contributed by atoms with Gasteiger partial charge in [0.15, 0.2) is 5.76 Å². The van der Waals surface area contributed by atoms with E-state index in [4.69, 9.17) is 14.2 Å². The number of aromatic nitrogens is 1. The van der Waals surface area contributed by atoms with E-state index in [0.29, 0.717) is 6.42 Å². The van der Waals surface area contributed by atoms with E-state index in [2.05, 4.69) is 24.0 Å². The van der Waals surface area contributed by atoms with Gasteiger partial charge in [-0.1, -0.05) is 6.07 Å². The van der Waals surface area contributed by atoms with Crippen LogP contribution in [0.15, 0.2) is 66.7 Å². The van der Waals surface area contributed by atoms with Gasteiger partial charge in [0.05, 0.1) is 14.2 Å². The molecule has 2 heterocycles. The molecule has 0 N–H and O–H groups in total. The number of benzene rings is 2. The van der Waals surface area contributed by atoms with Crippen LogP contribution in [0.5, 0.6) is 11.5 Å². The number of pyridine rings is 1. The molecular formula is C23H21NO3. The van der Waals surface area contributed by atoms with Crippen molar-refractivity contribution in [3.8, 4) is 22.6 Å². The molecule has 0 spiro atoms. The summed E-state index contributed by atoms with van der Waals surface area (Å²) in [5, 5.41) is 0. The summed E-state index contributed by atoms with van der Waals surface area (Å²) in [4.78, 5) is 4.13. The normalized spacial score (nSPS) is 13.0. The van der Waals surface area contributed by atoms with E-state index in [1.54, 1.807) is 26.6 Å². The van der Waals surface area contributed by atoms with Crippen molar-refractivity contribution in [3.63, 3.8) is 0 Å². The molecule has 4 heteroatoms. The summed E-state index contributed by atoms with van der Waals surface area (Å²) in [6.45, 7) is 2.10. The molecule has 1 aliphatic heterocycles. The Labute approximate surface area is 159 Å². The lowest BCUT2D eigenvalue weighted by Gasteiger charge is -2.25. The third-order valence-corrected chi connectivity index (χ3v) is 4.71. The number of rotatable bonds is 4. The van der Waals surface area contributed by atoms with Crippen LogP contribution in [0.2, 0.25) is 0 Å². The maximum Gasteiger partial charge on any atom is 0.172 e. The second-order valence-electron chi connectivity index (χ2n) is 6.50. The smallest absolute Gasteiger partial charge is 0.172 e. The van der Waals surface area contributed by atoms with Gasteiger partial charge in [-0.2, -0.15) is 0 Å². The Kier molecular flexibility index (Phi) is 4.55. The van der Waals surface area contributed by atoms with Gasteiger partial charge < -0.3 is 14.2 Å². The van der Waals surface area contributed by atoms with Crippen LogP contribution in [0.3, 0.4) is 0 Å². The van der Waals surface area contributed by atoms with Crippen molar-refractivity contribution in [1.82, 2.24) is 4.98 Å². The largest absolute Gasteiger partial charge is 0.497 e. The summed E-state index contributed by atoms with van der Waals surface area (Å²) in [6.07, 6.45) is 4.29. The topological polar surface area (TPSA) is 40.6 Å². The minimum atomic E-state index is 0.687. The van der Waals surface area contributed by atoms with E-state index in [9.17, 15) is 0 Å². The zero-order valence-electron chi connectivity index (χ0n) is 15.7. The summed E-state index contributed by atoms with van der Waals surface area (Å²) in [5.41, 5.74) is 5.41. The SMILES string of the molecule is COC1=C(c2ccc(OC)cc2)Oc2c(cc(C)cc2-c2ccncc2)C1. The molecule has 0 atom stereocenters. The van der Waals surface area contributed by atoms with Gasteiger partial charge in [0, 0.05) is 35.5 Å². The van der Waals surface area contributed by atoms with Gasteiger partial charge >= 0.3 is 0 Å². The van der Waals surface area contributed by atoms with Crippen molar-refractivity contribution < 1.29 is 14.2 Å². The lowest BCUT2D eigenvalue weighted by atomic mass is 9.95. The first-order valence-corrected chi connectivity index (χ1v) is 8.83. The Morgan fingerprint density at radius 2 is 1.63 bits per heavy atom. The van der Waals surface area contributed by atoms with Crippen LogP contribution < -0.4 is 9.47 Å². The first-order chi connectivity index (χ1) is 13.2.